The predicted octanol–water partition coefficient (Wildman–Crippen LogP) is 5.03. The predicted molar refractivity (Wildman–Crippen MR) is 96.9 cm³/mol. The molecule has 0 spiro atoms. The van der Waals surface area contributed by atoms with Gasteiger partial charge in [0.25, 0.3) is 0 Å². The second-order valence-electron chi connectivity index (χ2n) is 7.12. The summed E-state index contributed by atoms with van der Waals surface area (Å²) in [5.41, 5.74) is 2.44. The minimum Gasteiger partial charge on any atom is -0.381 e. The Hall–Kier alpha value is -1.58. The Bertz CT molecular complexity index is 534. The van der Waals surface area contributed by atoms with Crippen LogP contribution in [0.1, 0.15) is 46.0 Å². The molecule has 2 rings (SSSR count). The SMILES string of the molecule is C=C(NCC1=CC=C(F)CC1F)/C(C)=C/N1CCCCCC(C)C1. The summed E-state index contributed by atoms with van der Waals surface area (Å²) in [6.07, 6.45) is 8.80. The van der Waals surface area contributed by atoms with Crippen molar-refractivity contribution in [1.29, 1.82) is 0 Å². The second kappa shape index (κ2) is 9.05. The van der Waals surface area contributed by atoms with Crippen molar-refractivity contribution in [3.63, 3.8) is 0 Å². The highest BCUT2D eigenvalue weighted by Crippen LogP contribution is 2.23. The highest BCUT2D eigenvalue weighted by atomic mass is 19.1. The van der Waals surface area contributed by atoms with Gasteiger partial charge in [-0.2, -0.15) is 0 Å². The van der Waals surface area contributed by atoms with Gasteiger partial charge in [-0.15, -0.1) is 0 Å². The van der Waals surface area contributed by atoms with E-state index < -0.39 is 12.0 Å². The Morgan fingerprint density at radius 1 is 1.38 bits per heavy atom. The summed E-state index contributed by atoms with van der Waals surface area (Å²) in [4.78, 5) is 2.38. The third-order valence-corrected chi connectivity index (χ3v) is 4.80. The van der Waals surface area contributed by atoms with E-state index in [4.69, 9.17) is 0 Å². The van der Waals surface area contributed by atoms with Crippen LogP contribution in [0.5, 0.6) is 0 Å². The summed E-state index contributed by atoms with van der Waals surface area (Å²) in [5, 5.41) is 3.18. The quantitative estimate of drug-likeness (QED) is 0.709. The van der Waals surface area contributed by atoms with Crippen LogP contribution in [0.15, 0.2) is 47.6 Å². The maximum atomic E-state index is 13.8. The zero-order valence-corrected chi connectivity index (χ0v) is 15.0. The Labute approximate surface area is 145 Å². The Morgan fingerprint density at radius 2 is 2.17 bits per heavy atom. The van der Waals surface area contributed by atoms with Gasteiger partial charge in [0.05, 0.1) is 0 Å². The van der Waals surface area contributed by atoms with E-state index in [9.17, 15) is 8.78 Å². The van der Waals surface area contributed by atoms with Gasteiger partial charge in [-0.1, -0.05) is 32.4 Å². The largest absolute Gasteiger partial charge is 0.381 e. The van der Waals surface area contributed by atoms with Crippen LogP contribution in [0.4, 0.5) is 8.78 Å². The molecule has 2 atom stereocenters. The molecule has 1 fully saturated rings. The number of hydrogen-bond donors (Lipinski definition) is 1. The zero-order chi connectivity index (χ0) is 17.5. The van der Waals surface area contributed by atoms with Gasteiger partial charge in [0.15, 0.2) is 0 Å². The number of nitrogens with zero attached hydrogens (tertiary/aromatic N) is 1. The Morgan fingerprint density at radius 3 is 2.92 bits per heavy atom. The maximum absolute atomic E-state index is 13.8. The maximum Gasteiger partial charge on any atom is 0.129 e. The topological polar surface area (TPSA) is 15.3 Å². The summed E-state index contributed by atoms with van der Waals surface area (Å²) in [6, 6.07) is 0. The minimum atomic E-state index is -1.24. The van der Waals surface area contributed by atoms with Crippen molar-refractivity contribution >= 4 is 0 Å². The van der Waals surface area contributed by atoms with Gasteiger partial charge in [-0.3, -0.25) is 0 Å². The second-order valence-corrected chi connectivity index (χ2v) is 7.12. The van der Waals surface area contributed by atoms with E-state index in [0.29, 0.717) is 18.0 Å². The first-order chi connectivity index (χ1) is 11.5. The molecule has 0 radical (unpaired) electrons. The average molecular weight is 336 g/mol. The van der Waals surface area contributed by atoms with E-state index in [1.807, 2.05) is 6.92 Å². The van der Waals surface area contributed by atoms with Crippen LogP contribution in [0.3, 0.4) is 0 Å². The van der Waals surface area contributed by atoms with E-state index in [0.717, 1.165) is 24.4 Å². The van der Waals surface area contributed by atoms with Crippen molar-refractivity contribution in [2.75, 3.05) is 19.6 Å². The Kier molecular flexibility index (Phi) is 7.07. The number of alkyl halides is 1. The molecule has 0 bridgehead atoms. The molecule has 2 nitrogen and oxygen atoms in total. The van der Waals surface area contributed by atoms with Crippen LogP contribution in [0.25, 0.3) is 0 Å². The fourth-order valence-electron chi connectivity index (χ4n) is 3.23. The van der Waals surface area contributed by atoms with Crippen molar-refractivity contribution < 1.29 is 8.78 Å². The monoisotopic (exact) mass is 336 g/mol. The molecule has 0 aromatic rings. The molecule has 1 aliphatic heterocycles. The summed E-state index contributed by atoms with van der Waals surface area (Å²) in [6.45, 7) is 10.9. The molecular formula is C20H30F2N2. The van der Waals surface area contributed by atoms with E-state index in [1.54, 1.807) is 0 Å². The van der Waals surface area contributed by atoms with Gasteiger partial charge in [0, 0.05) is 38.0 Å². The molecule has 4 heteroatoms. The fraction of sp³-hybridized carbons (Fsp3) is 0.600. The van der Waals surface area contributed by atoms with E-state index in [1.165, 1.54) is 37.8 Å². The van der Waals surface area contributed by atoms with Gasteiger partial charge in [0.2, 0.25) is 0 Å². The van der Waals surface area contributed by atoms with Crippen LogP contribution in [0.2, 0.25) is 0 Å². The molecule has 0 aromatic heterocycles. The van der Waals surface area contributed by atoms with Crippen LogP contribution in [-0.4, -0.2) is 30.7 Å². The number of rotatable bonds is 5. The smallest absolute Gasteiger partial charge is 0.129 e. The first kappa shape index (κ1) is 18.8. The lowest BCUT2D eigenvalue weighted by Gasteiger charge is -2.28. The first-order valence-corrected chi connectivity index (χ1v) is 9.00. The molecule has 1 N–H and O–H groups in total. The summed E-state index contributed by atoms with van der Waals surface area (Å²) < 4.78 is 26.8. The molecule has 0 saturated carbocycles. The molecule has 1 heterocycles. The minimum absolute atomic E-state index is 0.152. The molecule has 0 amide bonds. The molecule has 134 valence electrons. The van der Waals surface area contributed by atoms with Crippen molar-refractivity contribution in [3.8, 4) is 0 Å². The number of nitrogens with one attached hydrogen (secondary N) is 1. The molecule has 24 heavy (non-hydrogen) atoms. The summed E-state index contributed by atoms with van der Waals surface area (Å²) in [7, 11) is 0. The molecule has 0 aromatic carbocycles. The number of allylic oxidation sites excluding steroid dienone is 4. The molecular weight excluding hydrogens is 306 g/mol. The summed E-state index contributed by atoms with van der Waals surface area (Å²) >= 11 is 0. The molecule has 2 aliphatic rings. The van der Waals surface area contributed by atoms with Crippen molar-refractivity contribution in [2.24, 2.45) is 5.92 Å². The lowest BCUT2D eigenvalue weighted by atomic mass is 10.00. The fourth-order valence-corrected chi connectivity index (χ4v) is 3.23. The van der Waals surface area contributed by atoms with Crippen LogP contribution < -0.4 is 5.32 Å². The third kappa shape index (κ3) is 5.81. The van der Waals surface area contributed by atoms with Gasteiger partial charge >= 0.3 is 0 Å². The zero-order valence-electron chi connectivity index (χ0n) is 15.0. The van der Waals surface area contributed by atoms with E-state index >= 15 is 0 Å². The number of likely N-dealkylation sites (tertiary alicyclic amines) is 1. The van der Waals surface area contributed by atoms with E-state index in [2.05, 4.69) is 29.9 Å². The number of hydrogen-bond acceptors (Lipinski definition) is 2. The summed E-state index contributed by atoms with van der Waals surface area (Å²) in [5.74, 6) is 0.310. The van der Waals surface area contributed by atoms with Gasteiger partial charge in [-0.25, -0.2) is 8.78 Å². The standard InChI is InChI=1S/C20H30F2N2/c1-15-7-5-4-6-10-24(13-15)14-16(2)17(3)23-12-18-8-9-19(21)11-20(18)22/h8-9,14-15,20,23H,3-7,10-13H2,1-2H3/b16-14+. The van der Waals surface area contributed by atoms with Crippen LogP contribution in [0, 0.1) is 5.92 Å². The lowest BCUT2D eigenvalue weighted by Crippen LogP contribution is -2.28. The van der Waals surface area contributed by atoms with Crippen LogP contribution in [-0.2, 0) is 0 Å². The van der Waals surface area contributed by atoms with E-state index in [-0.39, 0.29) is 6.42 Å². The molecule has 2 unspecified atom stereocenters. The van der Waals surface area contributed by atoms with Crippen molar-refractivity contribution in [3.05, 3.63) is 47.6 Å². The highest BCUT2D eigenvalue weighted by molar-refractivity contribution is 5.29. The van der Waals surface area contributed by atoms with Crippen molar-refractivity contribution in [2.45, 2.75) is 52.1 Å². The average Bonchev–Trinajstić information content (AvgIpc) is 2.51. The molecule has 1 aliphatic carbocycles. The first-order valence-electron chi connectivity index (χ1n) is 9.00. The number of halogens is 2. The van der Waals surface area contributed by atoms with Gasteiger partial charge < -0.3 is 10.2 Å². The Balaban J connectivity index is 1.88. The van der Waals surface area contributed by atoms with Crippen molar-refractivity contribution in [1.82, 2.24) is 10.2 Å². The third-order valence-electron chi connectivity index (χ3n) is 4.80. The van der Waals surface area contributed by atoms with Gasteiger partial charge in [0.1, 0.15) is 12.0 Å². The van der Waals surface area contributed by atoms with Crippen LogP contribution >= 0.6 is 0 Å². The normalized spacial score (nSPS) is 26.2. The highest BCUT2D eigenvalue weighted by Gasteiger charge is 2.18. The lowest BCUT2D eigenvalue weighted by molar-refractivity contribution is 0.274. The molecule has 1 saturated heterocycles. The van der Waals surface area contributed by atoms with Gasteiger partial charge in [-0.05, 0) is 42.9 Å².